The molecule has 0 aromatic heterocycles. The number of hydrogen-bond acceptors (Lipinski definition) is 6. The van der Waals surface area contributed by atoms with Gasteiger partial charge in [-0.05, 0) is 11.1 Å². The number of alkyl carbamates (subject to hydrolysis) is 1. The molecule has 2 heterocycles. The minimum absolute atomic E-state index is 0.0538. The Hall–Kier alpha value is -2.97. The lowest BCUT2D eigenvalue weighted by molar-refractivity contribution is -0.385. The first kappa shape index (κ1) is 20.3. The molecular formula is C22H25N3O5. The van der Waals surface area contributed by atoms with E-state index in [0.29, 0.717) is 13.2 Å². The number of ether oxygens (including phenoxy) is 2. The average Bonchev–Trinajstić information content (AvgIpc) is 3.13. The van der Waals surface area contributed by atoms with Crippen molar-refractivity contribution in [1.29, 1.82) is 0 Å². The summed E-state index contributed by atoms with van der Waals surface area (Å²) < 4.78 is 11.7. The topological polar surface area (TPSA) is 93.9 Å². The van der Waals surface area contributed by atoms with Crippen molar-refractivity contribution < 1.29 is 19.2 Å². The number of piperidine rings is 1. The van der Waals surface area contributed by atoms with Crippen molar-refractivity contribution >= 4 is 11.8 Å². The standard InChI is InChI=1S/C22H25N3O5/c26-21-23-16-22(30-21)9-11-24(12-10-22)13-14-29-20(17-5-2-1-3-6-17)18-7-4-8-19(15-18)25(27)28/h1-8,15,20H,9-14,16H2,(H,23,26). The molecule has 4 rings (SSSR count). The summed E-state index contributed by atoms with van der Waals surface area (Å²) in [5.41, 5.74) is 1.42. The highest BCUT2D eigenvalue weighted by molar-refractivity contribution is 5.70. The molecule has 158 valence electrons. The van der Waals surface area contributed by atoms with E-state index in [1.165, 1.54) is 6.07 Å². The number of amides is 1. The van der Waals surface area contributed by atoms with E-state index in [1.54, 1.807) is 12.1 Å². The molecule has 0 saturated carbocycles. The van der Waals surface area contributed by atoms with Gasteiger partial charge in [0.1, 0.15) is 11.7 Å². The SMILES string of the molecule is O=C1NCC2(CCN(CCOC(c3ccccc3)c3cccc([N+](=O)[O-])c3)CC2)O1. The highest BCUT2D eigenvalue weighted by atomic mass is 16.6. The zero-order valence-corrected chi connectivity index (χ0v) is 16.7. The second-order valence-electron chi connectivity index (χ2n) is 7.78. The van der Waals surface area contributed by atoms with Crippen LogP contribution in [0.3, 0.4) is 0 Å². The lowest BCUT2D eigenvalue weighted by Gasteiger charge is -2.37. The molecule has 2 saturated heterocycles. The van der Waals surface area contributed by atoms with E-state index in [1.807, 2.05) is 36.4 Å². The number of rotatable bonds is 7. The fourth-order valence-electron chi connectivity index (χ4n) is 4.08. The van der Waals surface area contributed by atoms with Crippen molar-refractivity contribution in [2.45, 2.75) is 24.5 Å². The number of non-ortho nitro benzene ring substituents is 1. The molecule has 8 heteroatoms. The van der Waals surface area contributed by atoms with Crippen LogP contribution < -0.4 is 5.32 Å². The van der Waals surface area contributed by atoms with Crippen LogP contribution in [0.2, 0.25) is 0 Å². The van der Waals surface area contributed by atoms with Crippen LogP contribution in [-0.2, 0) is 9.47 Å². The zero-order chi connectivity index (χ0) is 21.0. The van der Waals surface area contributed by atoms with E-state index >= 15 is 0 Å². The summed E-state index contributed by atoms with van der Waals surface area (Å²) in [6.45, 7) is 3.50. The summed E-state index contributed by atoms with van der Waals surface area (Å²) in [5, 5.41) is 13.9. The van der Waals surface area contributed by atoms with Gasteiger partial charge in [0.15, 0.2) is 0 Å². The molecule has 1 N–H and O–H groups in total. The monoisotopic (exact) mass is 411 g/mol. The van der Waals surface area contributed by atoms with Crippen LogP contribution in [0.5, 0.6) is 0 Å². The van der Waals surface area contributed by atoms with Crippen LogP contribution in [0, 0.1) is 10.1 Å². The van der Waals surface area contributed by atoms with Crippen LogP contribution in [0.25, 0.3) is 0 Å². The van der Waals surface area contributed by atoms with Gasteiger partial charge >= 0.3 is 6.09 Å². The summed E-state index contributed by atoms with van der Waals surface area (Å²) in [4.78, 5) is 24.5. The predicted octanol–water partition coefficient (Wildman–Crippen LogP) is 3.28. The van der Waals surface area contributed by atoms with Crippen LogP contribution in [0.4, 0.5) is 10.5 Å². The third-order valence-corrected chi connectivity index (χ3v) is 5.81. The number of carbonyl (C=O) groups excluding carboxylic acids is 1. The molecule has 0 aliphatic carbocycles. The lowest BCUT2D eigenvalue weighted by atomic mass is 9.92. The Balaban J connectivity index is 1.38. The number of nitro groups is 1. The number of carbonyl (C=O) groups is 1. The molecule has 2 aliphatic rings. The van der Waals surface area contributed by atoms with Gasteiger partial charge in [-0.15, -0.1) is 0 Å². The minimum atomic E-state index is -0.389. The zero-order valence-electron chi connectivity index (χ0n) is 16.7. The molecule has 1 atom stereocenters. The summed E-state index contributed by atoms with van der Waals surface area (Å²) in [6.07, 6.45) is 0.911. The summed E-state index contributed by atoms with van der Waals surface area (Å²) in [5.74, 6) is 0. The quantitative estimate of drug-likeness (QED) is 0.555. The predicted molar refractivity (Wildman–Crippen MR) is 110 cm³/mol. The lowest BCUT2D eigenvalue weighted by Crippen LogP contribution is -2.47. The fourth-order valence-corrected chi connectivity index (χ4v) is 4.08. The highest BCUT2D eigenvalue weighted by Gasteiger charge is 2.42. The maximum Gasteiger partial charge on any atom is 0.407 e. The minimum Gasteiger partial charge on any atom is -0.441 e. The van der Waals surface area contributed by atoms with Crippen LogP contribution in [-0.4, -0.2) is 54.3 Å². The molecule has 0 bridgehead atoms. The normalized spacial score (nSPS) is 19.3. The molecule has 1 spiro atoms. The number of nitro benzene ring substituents is 1. The van der Waals surface area contributed by atoms with Gasteiger partial charge in [-0.2, -0.15) is 0 Å². The third kappa shape index (κ3) is 4.60. The van der Waals surface area contributed by atoms with E-state index in [-0.39, 0.29) is 28.4 Å². The maximum atomic E-state index is 11.4. The van der Waals surface area contributed by atoms with Gasteiger partial charge in [0.2, 0.25) is 0 Å². The maximum absolute atomic E-state index is 11.4. The van der Waals surface area contributed by atoms with Gasteiger partial charge in [0, 0.05) is 44.6 Å². The van der Waals surface area contributed by atoms with Crippen molar-refractivity contribution in [1.82, 2.24) is 10.2 Å². The van der Waals surface area contributed by atoms with Gasteiger partial charge in [0.25, 0.3) is 5.69 Å². The second-order valence-corrected chi connectivity index (χ2v) is 7.78. The van der Waals surface area contributed by atoms with Gasteiger partial charge in [-0.3, -0.25) is 10.1 Å². The Bertz CT molecular complexity index is 897. The number of hydrogen-bond donors (Lipinski definition) is 1. The van der Waals surface area contributed by atoms with Gasteiger partial charge in [0.05, 0.1) is 18.1 Å². The largest absolute Gasteiger partial charge is 0.441 e. The summed E-state index contributed by atoms with van der Waals surface area (Å²) in [6, 6.07) is 16.3. The molecule has 0 radical (unpaired) electrons. The summed E-state index contributed by atoms with van der Waals surface area (Å²) in [7, 11) is 0. The highest BCUT2D eigenvalue weighted by Crippen LogP contribution is 2.30. The van der Waals surface area contributed by atoms with Crippen LogP contribution in [0.15, 0.2) is 54.6 Å². The Morgan fingerprint density at radius 3 is 2.53 bits per heavy atom. The second kappa shape index (κ2) is 8.81. The Kier molecular flexibility index (Phi) is 5.96. The first-order valence-corrected chi connectivity index (χ1v) is 10.1. The van der Waals surface area contributed by atoms with Gasteiger partial charge in [-0.1, -0.05) is 42.5 Å². The first-order valence-electron chi connectivity index (χ1n) is 10.1. The number of nitrogens with zero attached hydrogens (tertiary/aromatic N) is 2. The smallest absolute Gasteiger partial charge is 0.407 e. The Morgan fingerprint density at radius 2 is 1.87 bits per heavy atom. The van der Waals surface area contributed by atoms with Crippen molar-refractivity contribution in [3.8, 4) is 0 Å². The van der Waals surface area contributed by atoms with E-state index in [4.69, 9.17) is 9.47 Å². The van der Waals surface area contributed by atoms with E-state index in [0.717, 1.165) is 43.6 Å². The average molecular weight is 411 g/mol. The number of nitrogens with one attached hydrogen (secondary N) is 1. The molecule has 2 aromatic rings. The van der Waals surface area contributed by atoms with Crippen LogP contribution >= 0.6 is 0 Å². The van der Waals surface area contributed by atoms with Crippen LogP contribution in [0.1, 0.15) is 30.1 Å². The molecule has 8 nitrogen and oxygen atoms in total. The molecular weight excluding hydrogens is 386 g/mol. The third-order valence-electron chi connectivity index (χ3n) is 5.81. The van der Waals surface area contributed by atoms with Crippen molar-refractivity contribution in [2.75, 3.05) is 32.8 Å². The van der Waals surface area contributed by atoms with E-state index in [2.05, 4.69) is 10.2 Å². The summed E-state index contributed by atoms with van der Waals surface area (Å²) >= 11 is 0. The number of likely N-dealkylation sites (tertiary alicyclic amines) is 1. The molecule has 2 fully saturated rings. The van der Waals surface area contributed by atoms with Gasteiger partial charge < -0.3 is 19.7 Å². The fraction of sp³-hybridized carbons (Fsp3) is 0.409. The Morgan fingerprint density at radius 1 is 1.13 bits per heavy atom. The first-order chi connectivity index (χ1) is 14.5. The molecule has 2 aromatic carbocycles. The molecule has 2 aliphatic heterocycles. The Labute approximate surface area is 174 Å². The van der Waals surface area contributed by atoms with E-state index < -0.39 is 0 Å². The van der Waals surface area contributed by atoms with Crippen molar-refractivity contribution in [3.05, 3.63) is 75.8 Å². The van der Waals surface area contributed by atoms with Gasteiger partial charge in [-0.25, -0.2) is 4.79 Å². The van der Waals surface area contributed by atoms with Crippen molar-refractivity contribution in [3.63, 3.8) is 0 Å². The molecule has 1 amide bonds. The molecule has 30 heavy (non-hydrogen) atoms. The van der Waals surface area contributed by atoms with E-state index in [9.17, 15) is 14.9 Å². The molecule has 1 unspecified atom stereocenters. The number of benzene rings is 2. The van der Waals surface area contributed by atoms with Crippen molar-refractivity contribution in [2.24, 2.45) is 0 Å².